The van der Waals surface area contributed by atoms with Crippen LogP contribution in [-0.2, 0) is 0 Å². The lowest BCUT2D eigenvalue weighted by Crippen LogP contribution is -1.95. The van der Waals surface area contributed by atoms with Crippen molar-refractivity contribution < 1.29 is 0 Å². The Balaban J connectivity index is 1.87. The van der Waals surface area contributed by atoms with Gasteiger partial charge in [0.05, 0.1) is 5.69 Å². The molecule has 0 bridgehead atoms. The molecule has 0 aliphatic heterocycles. The maximum atomic E-state index is 4.39. The van der Waals surface area contributed by atoms with Gasteiger partial charge in [0, 0.05) is 22.2 Å². The second-order valence-corrected chi connectivity index (χ2v) is 5.93. The van der Waals surface area contributed by atoms with Gasteiger partial charge in [-0.15, -0.1) is 0 Å². The lowest BCUT2D eigenvalue weighted by molar-refractivity contribution is 0.861. The molecule has 0 fully saturated rings. The maximum absolute atomic E-state index is 4.39. The zero-order valence-corrected chi connectivity index (χ0v) is 13.2. The van der Waals surface area contributed by atoms with E-state index in [0.717, 1.165) is 22.2 Å². The van der Waals surface area contributed by atoms with Gasteiger partial charge in [0.2, 0.25) is 0 Å². The average molecular weight is 338 g/mol. The van der Waals surface area contributed by atoms with Gasteiger partial charge in [0.25, 0.3) is 0 Å². The molecule has 0 spiro atoms. The van der Waals surface area contributed by atoms with Crippen LogP contribution in [0, 0.1) is 0 Å². The monoisotopic (exact) mass is 337 g/mol. The van der Waals surface area contributed by atoms with Crippen LogP contribution in [0.1, 0.15) is 17.9 Å². The molecule has 2 heteroatoms. The molecule has 3 rings (SSSR count). The summed E-state index contributed by atoms with van der Waals surface area (Å²) in [7, 11) is 0. The highest BCUT2D eigenvalue weighted by Crippen LogP contribution is 2.28. The van der Waals surface area contributed by atoms with Crippen molar-refractivity contribution in [3.63, 3.8) is 0 Å². The Morgan fingerprint density at radius 2 is 1.86 bits per heavy atom. The van der Waals surface area contributed by atoms with Crippen LogP contribution >= 0.6 is 15.9 Å². The predicted octanol–water partition coefficient (Wildman–Crippen LogP) is 5.63. The molecule has 1 unspecified atom stereocenters. The lowest BCUT2D eigenvalue weighted by atomic mass is 9.93. The van der Waals surface area contributed by atoms with Gasteiger partial charge in [-0.1, -0.05) is 70.6 Å². The largest absolute Gasteiger partial charge is 0.256 e. The van der Waals surface area contributed by atoms with E-state index in [0.29, 0.717) is 5.92 Å². The summed E-state index contributed by atoms with van der Waals surface area (Å²) in [6.45, 7) is 0. The quantitative estimate of drug-likeness (QED) is 0.692. The summed E-state index contributed by atoms with van der Waals surface area (Å²) in [4.78, 5) is 4.39. The van der Waals surface area contributed by atoms with Gasteiger partial charge in [0.15, 0.2) is 0 Å². The van der Waals surface area contributed by atoms with Crippen molar-refractivity contribution in [1.82, 2.24) is 4.98 Å². The van der Waals surface area contributed by atoms with Crippen LogP contribution in [0.15, 0.2) is 83.5 Å². The number of rotatable bonds is 2. The van der Waals surface area contributed by atoms with Crippen molar-refractivity contribution in [2.75, 3.05) is 0 Å². The molecule has 1 atom stereocenters. The first-order chi connectivity index (χ1) is 10.3. The third-order valence-corrected chi connectivity index (χ3v) is 4.08. The summed E-state index contributed by atoms with van der Waals surface area (Å²) in [5.41, 5.74) is 3.50. The van der Waals surface area contributed by atoms with E-state index >= 15 is 0 Å². The Hall–Kier alpha value is -1.93. The van der Waals surface area contributed by atoms with E-state index in [2.05, 4.69) is 75.6 Å². The van der Waals surface area contributed by atoms with Crippen LogP contribution in [0.3, 0.4) is 0 Å². The van der Waals surface area contributed by atoms with Gasteiger partial charge >= 0.3 is 0 Å². The van der Waals surface area contributed by atoms with Crippen molar-refractivity contribution in [2.45, 2.75) is 12.3 Å². The molecule has 1 heterocycles. The van der Waals surface area contributed by atoms with E-state index in [9.17, 15) is 0 Å². The summed E-state index contributed by atoms with van der Waals surface area (Å²) in [5, 5.41) is 0. The fraction of sp³-hybridized carbons (Fsp3) is 0.105. The SMILES string of the molecule is BrC1=CC(c2ccc(-c3ccccn3)cc2)C/C=C/C=C1. The highest BCUT2D eigenvalue weighted by molar-refractivity contribution is 9.11. The molecule has 2 aromatic rings. The van der Waals surface area contributed by atoms with Crippen LogP contribution in [-0.4, -0.2) is 4.98 Å². The first kappa shape index (κ1) is 14.0. The summed E-state index contributed by atoms with van der Waals surface area (Å²) in [6.07, 6.45) is 13.5. The van der Waals surface area contributed by atoms with E-state index in [1.54, 1.807) is 0 Å². The fourth-order valence-corrected chi connectivity index (χ4v) is 2.91. The van der Waals surface area contributed by atoms with Crippen molar-refractivity contribution in [1.29, 1.82) is 0 Å². The molecule has 0 saturated carbocycles. The van der Waals surface area contributed by atoms with E-state index in [-0.39, 0.29) is 0 Å². The second kappa shape index (κ2) is 6.68. The number of hydrogen-bond donors (Lipinski definition) is 0. The Morgan fingerprint density at radius 3 is 2.62 bits per heavy atom. The average Bonchev–Trinajstić information content (AvgIpc) is 2.52. The minimum absolute atomic E-state index is 0.401. The molecule has 0 saturated heterocycles. The molecular formula is C19H16BrN. The predicted molar refractivity (Wildman–Crippen MR) is 92.3 cm³/mol. The molecule has 1 nitrogen and oxygen atoms in total. The Bertz CT molecular complexity index is 681. The summed E-state index contributed by atoms with van der Waals surface area (Å²) in [5.74, 6) is 0.401. The van der Waals surface area contributed by atoms with E-state index in [1.165, 1.54) is 5.56 Å². The number of nitrogens with zero attached hydrogens (tertiary/aromatic N) is 1. The van der Waals surface area contributed by atoms with Crippen molar-refractivity contribution >= 4 is 15.9 Å². The van der Waals surface area contributed by atoms with Gasteiger partial charge < -0.3 is 0 Å². The first-order valence-corrected chi connectivity index (χ1v) is 7.84. The highest BCUT2D eigenvalue weighted by Gasteiger charge is 2.09. The standard InChI is InChI=1S/C19H16BrN/c20-18-7-3-1-2-6-17(14-18)15-9-11-16(12-10-15)19-8-4-5-13-21-19/h1-5,7-14,17H,6H2/b2-1+,7-3?,18-14?. The molecule has 0 amide bonds. The number of pyridine rings is 1. The van der Waals surface area contributed by atoms with Crippen molar-refractivity contribution in [2.24, 2.45) is 0 Å². The summed E-state index contributed by atoms with van der Waals surface area (Å²) >= 11 is 3.59. The summed E-state index contributed by atoms with van der Waals surface area (Å²) < 4.78 is 1.13. The number of allylic oxidation sites excluding steroid dienone is 6. The first-order valence-electron chi connectivity index (χ1n) is 7.05. The van der Waals surface area contributed by atoms with Gasteiger partial charge in [-0.3, -0.25) is 4.98 Å². The number of halogens is 1. The normalized spacial score (nSPS) is 19.5. The molecule has 0 radical (unpaired) electrons. The topological polar surface area (TPSA) is 12.9 Å². The highest BCUT2D eigenvalue weighted by atomic mass is 79.9. The molecular weight excluding hydrogens is 322 g/mol. The summed E-state index contributed by atoms with van der Waals surface area (Å²) in [6, 6.07) is 14.7. The van der Waals surface area contributed by atoms with Crippen LogP contribution in [0.25, 0.3) is 11.3 Å². The fourth-order valence-electron chi connectivity index (χ4n) is 2.43. The molecule has 1 aromatic heterocycles. The van der Waals surface area contributed by atoms with E-state index in [4.69, 9.17) is 0 Å². The Kier molecular flexibility index (Phi) is 4.46. The van der Waals surface area contributed by atoms with Crippen LogP contribution in [0.2, 0.25) is 0 Å². The third-order valence-electron chi connectivity index (χ3n) is 3.55. The van der Waals surface area contributed by atoms with Crippen LogP contribution in [0.4, 0.5) is 0 Å². The zero-order chi connectivity index (χ0) is 14.5. The molecule has 0 N–H and O–H groups in total. The Morgan fingerprint density at radius 1 is 1.00 bits per heavy atom. The molecule has 104 valence electrons. The lowest BCUT2D eigenvalue weighted by Gasteiger charge is -2.13. The van der Waals surface area contributed by atoms with Crippen molar-refractivity contribution in [3.8, 4) is 11.3 Å². The molecule has 1 aromatic carbocycles. The molecule has 1 aliphatic rings. The number of benzene rings is 1. The number of aromatic nitrogens is 1. The molecule has 1 aliphatic carbocycles. The van der Waals surface area contributed by atoms with E-state index in [1.807, 2.05) is 24.4 Å². The number of hydrogen-bond acceptors (Lipinski definition) is 1. The minimum Gasteiger partial charge on any atom is -0.256 e. The van der Waals surface area contributed by atoms with Gasteiger partial charge in [-0.05, 0) is 30.2 Å². The Labute approximate surface area is 133 Å². The van der Waals surface area contributed by atoms with Crippen molar-refractivity contribution in [3.05, 3.63) is 89.1 Å². The minimum atomic E-state index is 0.401. The van der Waals surface area contributed by atoms with Crippen LogP contribution < -0.4 is 0 Å². The van der Waals surface area contributed by atoms with Crippen LogP contribution in [0.5, 0.6) is 0 Å². The zero-order valence-electron chi connectivity index (χ0n) is 11.6. The van der Waals surface area contributed by atoms with E-state index < -0.39 is 0 Å². The third kappa shape index (κ3) is 3.59. The smallest absolute Gasteiger partial charge is 0.0701 e. The second-order valence-electron chi connectivity index (χ2n) is 5.02. The van der Waals surface area contributed by atoms with Gasteiger partial charge in [0.1, 0.15) is 0 Å². The van der Waals surface area contributed by atoms with Gasteiger partial charge in [-0.25, -0.2) is 0 Å². The molecule has 21 heavy (non-hydrogen) atoms. The maximum Gasteiger partial charge on any atom is 0.0701 e. The van der Waals surface area contributed by atoms with Gasteiger partial charge in [-0.2, -0.15) is 0 Å².